The van der Waals surface area contributed by atoms with Gasteiger partial charge in [-0.3, -0.25) is 9.89 Å². The van der Waals surface area contributed by atoms with E-state index in [4.69, 9.17) is 5.73 Å². The van der Waals surface area contributed by atoms with Crippen LogP contribution in [0.1, 0.15) is 19.8 Å². The molecule has 0 aliphatic carbocycles. The number of anilines is 3. The second-order valence-electron chi connectivity index (χ2n) is 5.91. The van der Waals surface area contributed by atoms with Crippen LogP contribution >= 0.6 is 0 Å². The lowest BCUT2D eigenvalue weighted by Crippen LogP contribution is -2.46. The molecule has 0 bridgehead atoms. The molecule has 1 aliphatic heterocycles. The standard InChI is InChI=1S/C13H19N7O2/c1-13(22)4-3-5-20(6-13)10-8-9(15-12(14)16-10)17-18-11(8)19(2)7-21/h7,22H,3-6H2,1-2H3,(H3,14,15,16,17,18)/t13-/m0/s1. The van der Waals surface area contributed by atoms with E-state index in [1.807, 2.05) is 4.90 Å². The number of aromatic nitrogens is 4. The maximum atomic E-state index is 11.1. The fraction of sp³-hybridized carbons (Fsp3) is 0.538. The normalized spacial score (nSPS) is 22.0. The fourth-order valence-corrected chi connectivity index (χ4v) is 2.85. The summed E-state index contributed by atoms with van der Waals surface area (Å²) < 4.78 is 0. The van der Waals surface area contributed by atoms with Crippen molar-refractivity contribution in [3.63, 3.8) is 0 Å². The monoisotopic (exact) mass is 305 g/mol. The molecule has 1 aliphatic rings. The highest BCUT2D eigenvalue weighted by Gasteiger charge is 2.31. The minimum Gasteiger partial charge on any atom is -0.388 e. The van der Waals surface area contributed by atoms with Crippen LogP contribution in [0.15, 0.2) is 0 Å². The van der Waals surface area contributed by atoms with Crippen molar-refractivity contribution in [3.05, 3.63) is 0 Å². The van der Waals surface area contributed by atoms with Crippen molar-refractivity contribution in [2.45, 2.75) is 25.4 Å². The van der Waals surface area contributed by atoms with Gasteiger partial charge in [0.15, 0.2) is 11.5 Å². The summed E-state index contributed by atoms with van der Waals surface area (Å²) in [6.45, 7) is 2.99. The second kappa shape index (κ2) is 5.09. The number of amides is 1. The first-order valence-corrected chi connectivity index (χ1v) is 7.08. The number of H-pyrrole nitrogens is 1. The molecule has 9 nitrogen and oxygen atoms in total. The summed E-state index contributed by atoms with van der Waals surface area (Å²) in [6.07, 6.45) is 2.25. The molecule has 118 valence electrons. The van der Waals surface area contributed by atoms with Crippen molar-refractivity contribution in [2.75, 3.05) is 35.7 Å². The van der Waals surface area contributed by atoms with Crippen molar-refractivity contribution in [3.8, 4) is 0 Å². The Morgan fingerprint density at radius 3 is 2.95 bits per heavy atom. The van der Waals surface area contributed by atoms with Crippen LogP contribution in [0.25, 0.3) is 11.0 Å². The Morgan fingerprint density at radius 2 is 2.27 bits per heavy atom. The van der Waals surface area contributed by atoms with Crippen LogP contribution in [0, 0.1) is 0 Å². The first kappa shape index (κ1) is 14.5. The van der Waals surface area contributed by atoms with E-state index in [-0.39, 0.29) is 5.95 Å². The maximum Gasteiger partial charge on any atom is 0.224 e. The van der Waals surface area contributed by atoms with E-state index in [1.165, 1.54) is 4.90 Å². The maximum absolute atomic E-state index is 11.1. The van der Waals surface area contributed by atoms with Gasteiger partial charge in [0.1, 0.15) is 11.2 Å². The third-order valence-electron chi connectivity index (χ3n) is 3.87. The Bertz CT molecular complexity index is 712. The van der Waals surface area contributed by atoms with Gasteiger partial charge in [0.05, 0.1) is 5.60 Å². The summed E-state index contributed by atoms with van der Waals surface area (Å²) >= 11 is 0. The molecule has 0 radical (unpaired) electrons. The molecule has 9 heteroatoms. The molecule has 3 heterocycles. The van der Waals surface area contributed by atoms with Crippen molar-refractivity contribution >= 4 is 35.0 Å². The average Bonchev–Trinajstić information content (AvgIpc) is 2.88. The summed E-state index contributed by atoms with van der Waals surface area (Å²) in [6, 6.07) is 0. The van der Waals surface area contributed by atoms with E-state index in [1.54, 1.807) is 14.0 Å². The van der Waals surface area contributed by atoms with Crippen molar-refractivity contribution < 1.29 is 9.90 Å². The number of aromatic amines is 1. The summed E-state index contributed by atoms with van der Waals surface area (Å²) in [4.78, 5) is 22.8. The predicted molar refractivity (Wildman–Crippen MR) is 82.6 cm³/mol. The number of nitrogen functional groups attached to an aromatic ring is 1. The van der Waals surface area contributed by atoms with E-state index >= 15 is 0 Å². The Morgan fingerprint density at radius 1 is 1.50 bits per heavy atom. The number of carbonyl (C=O) groups is 1. The Hall–Kier alpha value is -2.42. The lowest BCUT2D eigenvalue weighted by molar-refractivity contribution is -0.107. The van der Waals surface area contributed by atoms with E-state index in [9.17, 15) is 9.90 Å². The van der Waals surface area contributed by atoms with Gasteiger partial charge in [-0.15, -0.1) is 0 Å². The lowest BCUT2D eigenvalue weighted by atomic mass is 9.95. The van der Waals surface area contributed by atoms with E-state index in [0.29, 0.717) is 35.6 Å². The van der Waals surface area contributed by atoms with Gasteiger partial charge in [0.25, 0.3) is 0 Å². The molecule has 1 atom stereocenters. The molecule has 0 saturated carbocycles. The van der Waals surface area contributed by atoms with Crippen LogP contribution in [0.2, 0.25) is 0 Å². The third-order valence-corrected chi connectivity index (χ3v) is 3.87. The zero-order chi connectivity index (χ0) is 15.9. The molecule has 0 unspecified atom stereocenters. The van der Waals surface area contributed by atoms with Crippen LogP contribution in [0.5, 0.6) is 0 Å². The molecule has 4 N–H and O–H groups in total. The van der Waals surface area contributed by atoms with Crippen LogP contribution in [-0.4, -0.2) is 57.4 Å². The quantitative estimate of drug-likeness (QED) is 0.675. The Kier molecular flexibility index (Phi) is 3.36. The van der Waals surface area contributed by atoms with Crippen LogP contribution in [0.4, 0.5) is 17.6 Å². The second-order valence-corrected chi connectivity index (χ2v) is 5.91. The number of nitrogens with zero attached hydrogens (tertiary/aromatic N) is 5. The minimum absolute atomic E-state index is 0.122. The molecule has 2 aromatic rings. The molecular formula is C13H19N7O2. The lowest BCUT2D eigenvalue weighted by Gasteiger charge is -2.37. The minimum atomic E-state index is -0.787. The number of β-amino-alcohol motifs (C(OH)–C–C–N with tert-alkyl or cyclic N) is 1. The SMILES string of the molecule is CN(C=O)c1n[nH]c2nc(N)nc(N3CCC[C@](C)(O)C3)c12. The van der Waals surface area contributed by atoms with Crippen LogP contribution in [-0.2, 0) is 4.79 Å². The van der Waals surface area contributed by atoms with Gasteiger partial charge >= 0.3 is 0 Å². The van der Waals surface area contributed by atoms with E-state index in [2.05, 4.69) is 20.2 Å². The van der Waals surface area contributed by atoms with Gasteiger partial charge in [-0.1, -0.05) is 0 Å². The van der Waals surface area contributed by atoms with E-state index < -0.39 is 5.60 Å². The Labute approximate surface area is 127 Å². The molecule has 1 fully saturated rings. The van der Waals surface area contributed by atoms with Gasteiger partial charge in [0.2, 0.25) is 12.4 Å². The van der Waals surface area contributed by atoms with Gasteiger partial charge < -0.3 is 20.6 Å². The molecule has 1 saturated heterocycles. The number of nitrogens with one attached hydrogen (secondary N) is 1. The smallest absolute Gasteiger partial charge is 0.224 e. The molecule has 3 rings (SSSR count). The number of aliphatic hydroxyl groups is 1. The highest BCUT2D eigenvalue weighted by Crippen LogP contribution is 2.34. The summed E-state index contributed by atoms with van der Waals surface area (Å²) in [5.74, 6) is 1.14. The predicted octanol–water partition coefficient (Wildman–Crippen LogP) is -0.121. The number of nitrogens with two attached hydrogens (primary N) is 1. The molecule has 0 aromatic carbocycles. The fourth-order valence-electron chi connectivity index (χ4n) is 2.85. The van der Waals surface area contributed by atoms with Gasteiger partial charge in [-0.2, -0.15) is 15.1 Å². The molecule has 1 amide bonds. The molecular weight excluding hydrogens is 286 g/mol. The number of piperidine rings is 1. The number of hydrogen-bond acceptors (Lipinski definition) is 7. The molecule has 0 spiro atoms. The first-order chi connectivity index (χ1) is 10.4. The average molecular weight is 305 g/mol. The zero-order valence-corrected chi connectivity index (χ0v) is 12.6. The van der Waals surface area contributed by atoms with Crippen molar-refractivity contribution in [2.24, 2.45) is 0 Å². The number of rotatable bonds is 3. The van der Waals surface area contributed by atoms with Gasteiger partial charge in [-0.05, 0) is 19.8 Å². The highest BCUT2D eigenvalue weighted by molar-refractivity contribution is 6.00. The van der Waals surface area contributed by atoms with Crippen LogP contribution in [0.3, 0.4) is 0 Å². The van der Waals surface area contributed by atoms with Crippen LogP contribution < -0.4 is 15.5 Å². The van der Waals surface area contributed by atoms with Gasteiger partial charge in [0, 0.05) is 20.1 Å². The summed E-state index contributed by atoms with van der Waals surface area (Å²) in [5.41, 5.74) is 5.46. The highest BCUT2D eigenvalue weighted by atomic mass is 16.3. The largest absolute Gasteiger partial charge is 0.388 e. The summed E-state index contributed by atoms with van der Waals surface area (Å²) in [5, 5.41) is 17.8. The number of carbonyl (C=O) groups excluding carboxylic acids is 1. The zero-order valence-electron chi connectivity index (χ0n) is 12.6. The van der Waals surface area contributed by atoms with Gasteiger partial charge in [-0.25, -0.2) is 0 Å². The summed E-state index contributed by atoms with van der Waals surface area (Å²) in [7, 11) is 1.61. The first-order valence-electron chi connectivity index (χ1n) is 7.08. The molecule has 2 aromatic heterocycles. The Balaban J connectivity index is 2.15. The van der Waals surface area contributed by atoms with E-state index in [0.717, 1.165) is 19.4 Å². The number of hydrogen-bond donors (Lipinski definition) is 3. The third kappa shape index (κ3) is 2.43. The van der Waals surface area contributed by atoms with Crippen molar-refractivity contribution in [1.29, 1.82) is 0 Å². The van der Waals surface area contributed by atoms with Crippen molar-refractivity contribution in [1.82, 2.24) is 20.2 Å². The molecule has 22 heavy (non-hydrogen) atoms. The topological polar surface area (TPSA) is 124 Å². The number of fused-ring (bicyclic) bond motifs is 1.